The third-order valence-corrected chi connectivity index (χ3v) is 3.97. The summed E-state index contributed by atoms with van der Waals surface area (Å²) in [6, 6.07) is 14.3. The van der Waals surface area contributed by atoms with E-state index in [2.05, 4.69) is 26.2 Å². The smallest absolute Gasteiger partial charge is 0.253 e. The number of hydrogen-bond donors (Lipinski definition) is 2. The molecule has 0 bridgehead atoms. The second kappa shape index (κ2) is 8.30. The number of tetrazole rings is 1. The number of amides is 2. The molecule has 0 atom stereocenters. The van der Waals surface area contributed by atoms with Crippen molar-refractivity contribution in [3.05, 3.63) is 59.9 Å². The first kappa shape index (κ1) is 19.0. The predicted octanol–water partition coefficient (Wildman–Crippen LogP) is 1.72. The Kier molecular flexibility index (Phi) is 5.64. The van der Waals surface area contributed by atoms with Crippen LogP contribution >= 0.6 is 0 Å². The van der Waals surface area contributed by atoms with Crippen LogP contribution in [0.15, 0.2) is 48.5 Å². The second-order valence-corrected chi connectivity index (χ2v) is 6.37. The summed E-state index contributed by atoms with van der Waals surface area (Å²) in [6.07, 6.45) is 0. The van der Waals surface area contributed by atoms with Crippen molar-refractivity contribution in [3.8, 4) is 5.69 Å². The van der Waals surface area contributed by atoms with Crippen LogP contribution in [0.25, 0.3) is 5.69 Å². The summed E-state index contributed by atoms with van der Waals surface area (Å²) < 4.78 is 1.61. The normalized spacial score (nSPS) is 10.4. The van der Waals surface area contributed by atoms with Crippen LogP contribution in [0.5, 0.6) is 0 Å². The molecule has 0 aliphatic carbocycles. The van der Waals surface area contributed by atoms with Gasteiger partial charge in [-0.2, -0.15) is 4.68 Å². The Bertz CT molecular complexity index is 997. The molecule has 144 valence electrons. The summed E-state index contributed by atoms with van der Waals surface area (Å²) in [5.41, 5.74) is 2.64. The lowest BCUT2D eigenvalue weighted by Gasteiger charge is -2.12. The third-order valence-electron chi connectivity index (χ3n) is 3.97. The van der Waals surface area contributed by atoms with Gasteiger partial charge in [-0.15, -0.1) is 5.10 Å². The van der Waals surface area contributed by atoms with Gasteiger partial charge >= 0.3 is 0 Å². The van der Waals surface area contributed by atoms with Gasteiger partial charge < -0.3 is 15.5 Å². The molecule has 9 nitrogen and oxygen atoms in total. The van der Waals surface area contributed by atoms with Gasteiger partial charge in [-0.25, -0.2) is 0 Å². The fraction of sp³-hybridized carbons (Fsp3) is 0.211. The molecule has 1 heterocycles. The van der Waals surface area contributed by atoms with E-state index in [9.17, 15) is 9.59 Å². The number of benzene rings is 2. The van der Waals surface area contributed by atoms with Gasteiger partial charge in [0.05, 0.1) is 12.2 Å². The average Bonchev–Trinajstić information content (AvgIpc) is 3.12. The molecule has 28 heavy (non-hydrogen) atoms. The fourth-order valence-corrected chi connectivity index (χ4v) is 2.59. The Morgan fingerprint density at radius 1 is 1.07 bits per heavy atom. The number of anilines is 2. The van der Waals surface area contributed by atoms with Gasteiger partial charge in [-0.05, 0) is 53.7 Å². The lowest BCUT2D eigenvalue weighted by atomic mass is 10.2. The van der Waals surface area contributed by atoms with E-state index in [1.807, 2.05) is 31.2 Å². The Labute approximate surface area is 162 Å². The highest BCUT2D eigenvalue weighted by Crippen LogP contribution is 2.15. The van der Waals surface area contributed by atoms with Crippen LogP contribution in [-0.4, -0.2) is 57.6 Å². The van der Waals surface area contributed by atoms with Crippen LogP contribution in [0.2, 0.25) is 0 Å². The van der Waals surface area contributed by atoms with Gasteiger partial charge in [0.2, 0.25) is 5.91 Å². The van der Waals surface area contributed by atoms with E-state index >= 15 is 0 Å². The molecule has 0 aliphatic rings. The minimum Gasteiger partial charge on any atom is -0.376 e. The molecule has 0 saturated heterocycles. The zero-order valence-electron chi connectivity index (χ0n) is 15.9. The molecule has 2 N–H and O–H groups in total. The van der Waals surface area contributed by atoms with Crippen molar-refractivity contribution < 1.29 is 9.59 Å². The number of nitrogens with zero attached hydrogens (tertiary/aromatic N) is 5. The summed E-state index contributed by atoms with van der Waals surface area (Å²) >= 11 is 0. The van der Waals surface area contributed by atoms with Gasteiger partial charge in [0.25, 0.3) is 5.91 Å². The van der Waals surface area contributed by atoms with Gasteiger partial charge in [-0.3, -0.25) is 9.59 Å². The van der Waals surface area contributed by atoms with Gasteiger partial charge in [0.15, 0.2) is 5.82 Å². The summed E-state index contributed by atoms with van der Waals surface area (Å²) in [4.78, 5) is 25.8. The highest BCUT2D eigenvalue weighted by atomic mass is 16.2. The van der Waals surface area contributed by atoms with E-state index < -0.39 is 0 Å². The maximum atomic E-state index is 12.3. The van der Waals surface area contributed by atoms with Crippen molar-refractivity contribution in [2.45, 2.75) is 6.92 Å². The maximum Gasteiger partial charge on any atom is 0.253 e. The van der Waals surface area contributed by atoms with Crippen LogP contribution in [0, 0.1) is 6.92 Å². The number of nitrogens with one attached hydrogen (secondary N) is 2. The largest absolute Gasteiger partial charge is 0.376 e. The van der Waals surface area contributed by atoms with Gasteiger partial charge in [-0.1, -0.05) is 12.1 Å². The topological polar surface area (TPSA) is 105 Å². The van der Waals surface area contributed by atoms with Crippen LogP contribution < -0.4 is 10.6 Å². The Hall–Kier alpha value is -3.75. The predicted molar refractivity (Wildman–Crippen MR) is 105 cm³/mol. The molecule has 1 aromatic heterocycles. The highest BCUT2D eigenvalue weighted by Gasteiger charge is 2.10. The zero-order chi connectivity index (χ0) is 20.1. The number of carbonyl (C=O) groups is 2. The fourth-order valence-electron chi connectivity index (χ4n) is 2.59. The summed E-state index contributed by atoms with van der Waals surface area (Å²) in [5.74, 6) is 0.324. The SMILES string of the molecule is Cc1nnnn1-c1cccc(NCC(=O)Nc2cccc(C(=O)N(C)C)c2)c1. The number of hydrogen-bond acceptors (Lipinski definition) is 6. The maximum absolute atomic E-state index is 12.3. The summed E-state index contributed by atoms with van der Waals surface area (Å²) in [7, 11) is 3.37. The lowest BCUT2D eigenvalue weighted by Crippen LogP contribution is -2.23. The molecular formula is C19H21N7O2. The first-order chi connectivity index (χ1) is 13.4. The molecule has 0 aliphatic heterocycles. The molecule has 0 unspecified atom stereocenters. The molecule has 2 amide bonds. The molecule has 0 saturated carbocycles. The number of carbonyl (C=O) groups excluding carboxylic acids is 2. The van der Waals surface area contributed by atoms with E-state index in [0.717, 1.165) is 11.4 Å². The van der Waals surface area contributed by atoms with Crippen molar-refractivity contribution in [1.82, 2.24) is 25.1 Å². The molecule has 3 aromatic rings. The average molecular weight is 379 g/mol. The summed E-state index contributed by atoms with van der Waals surface area (Å²) in [5, 5.41) is 17.3. The highest BCUT2D eigenvalue weighted by molar-refractivity contribution is 5.97. The molecule has 0 fully saturated rings. The van der Waals surface area contributed by atoms with Crippen LogP contribution in [-0.2, 0) is 4.79 Å². The summed E-state index contributed by atoms with van der Waals surface area (Å²) in [6.45, 7) is 1.88. The number of rotatable bonds is 6. The molecule has 3 rings (SSSR count). The van der Waals surface area contributed by atoms with E-state index in [0.29, 0.717) is 17.1 Å². The minimum absolute atomic E-state index is 0.0733. The van der Waals surface area contributed by atoms with Crippen LogP contribution in [0.3, 0.4) is 0 Å². The Morgan fingerprint density at radius 3 is 2.54 bits per heavy atom. The van der Waals surface area contributed by atoms with Crippen LogP contribution in [0.4, 0.5) is 11.4 Å². The Morgan fingerprint density at radius 2 is 1.82 bits per heavy atom. The van der Waals surface area contributed by atoms with Gasteiger partial charge in [0, 0.05) is 31.0 Å². The quantitative estimate of drug-likeness (QED) is 0.676. The first-order valence-electron chi connectivity index (χ1n) is 8.65. The van der Waals surface area contributed by atoms with E-state index in [1.54, 1.807) is 43.0 Å². The van der Waals surface area contributed by atoms with E-state index in [1.165, 1.54) is 4.90 Å². The molecule has 0 radical (unpaired) electrons. The van der Waals surface area contributed by atoms with Crippen molar-refractivity contribution in [2.75, 3.05) is 31.3 Å². The lowest BCUT2D eigenvalue weighted by molar-refractivity contribution is -0.114. The third kappa shape index (κ3) is 4.50. The van der Waals surface area contributed by atoms with Crippen molar-refractivity contribution in [2.24, 2.45) is 0 Å². The number of aromatic nitrogens is 4. The molecule has 0 spiro atoms. The molecular weight excluding hydrogens is 358 g/mol. The van der Waals surface area contributed by atoms with Crippen molar-refractivity contribution in [3.63, 3.8) is 0 Å². The second-order valence-electron chi connectivity index (χ2n) is 6.37. The van der Waals surface area contributed by atoms with Crippen molar-refractivity contribution >= 4 is 23.2 Å². The zero-order valence-corrected chi connectivity index (χ0v) is 15.9. The van der Waals surface area contributed by atoms with E-state index in [4.69, 9.17) is 0 Å². The monoisotopic (exact) mass is 379 g/mol. The van der Waals surface area contributed by atoms with Gasteiger partial charge in [0.1, 0.15) is 0 Å². The first-order valence-corrected chi connectivity index (χ1v) is 8.65. The van der Waals surface area contributed by atoms with Crippen LogP contribution in [0.1, 0.15) is 16.2 Å². The number of aryl methyl sites for hydroxylation is 1. The standard InChI is InChI=1S/C19H21N7O2/c1-13-22-23-24-26(13)17-9-5-7-15(11-17)20-12-18(27)21-16-8-4-6-14(10-16)19(28)25(2)3/h4-11,20H,12H2,1-3H3,(H,21,27). The molecule has 2 aromatic carbocycles. The molecule has 9 heteroatoms. The Balaban J connectivity index is 1.62. The van der Waals surface area contributed by atoms with Crippen molar-refractivity contribution in [1.29, 1.82) is 0 Å². The van der Waals surface area contributed by atoms with E-state index in [-0.39, 0.29) is 18.4 Å². The minimum atomic E-state index is -0.224.